The van der Waals surface area contributed by atoms with Crippen LogP contribution in [-0.4, -0.2) is 30.6 Å². The summed E-state index contributed by atoms with van der Waals surface area (Å²) in [5.74, 6) is -0.444. The van der Waals surface area contributed by atoms with Crippen molar-refractivity contribution in [2.24, 2.45) is 0 Å². The summed E-state index contributed by atoms with van der Waals surface area (Å²) in [5.41, 5.74) is 0.910. The zero-order valence-corrected chi connectivity index (χ0v) is 11.0. The van der Waals surface area contributed by atoms with Crippen LogP contribution in [0.2, 0.25) is 0 Å². The van der Waals surface area contributed by atoms with Gasteiger partial charge in [-0.2, -0.15) is 0 Å². The van der Waals surface area contributed by atoms with Crippen molar-refractivity contribution in [3.63, 3.8) is 0 Å². The maximum absolute atomic E-state index is 11.4. The monoisotopic (exact) mass is 263 g/mol. The van der Waals surface area contributed by atoms with E-state index in [9.17, 15) is 14.7 Å². The number of carbonyl (C=O) groups excluding carboxylic acids is 2. The van der Waals surface area contributed by atoms with Crippen LogP contribution in [0.4, 0.5) is 0 Å². The predicted molar refractivity (Wildman–Crippen MR) is 71.8 cm³/mol. The molecule has 0 aromatic heterocycles. The standard InChI is InChI=1S/C14H17NO4/c1-10(16)15-8-4-3-5-11-9-12(14(18)19-2)6-7-13(11)17/h3,5-7,9,17H,4,8H2,1-2H3,(H,15,16). The van der Waals surface area contributed by atoms with Crippen LogP contribution in [0, 0.1) is 0 Å². The number of nitrogens with one attached hydrogen (secondary N) is 1. The first kappa shape index (κ1) is 14.8. The van der Waals surface area contributed by atoms with E-state index in [4.69, 9.17) is 0 Å². The Kier molecular flexibility index (Phi) is 5.60. The molecule has 0 unspecified atom stereocenters. The molecule has 1 amide bonds. The van der Waals surface area contributed by atoms with E-state index in [0.717, 1.165) is 0 Å². The minimum atomic E-state index is -0.451. The highest BCUT2D eigenvalue weighted by molar-refractivity contribution is 5.90. The molecule has 5 heteroatoms. The number of phenolic OH excluding ortho intramolecular Hbond substituents is 1. The Morgan fingerprint density at radius 3 is 2.79 bits per heavy atom. The van der Waals surface area contributed by atoms with Gasteiger partial charge in [-0.3, -0.25) is 4.79 Å². The first-order valence-corrected chi connectivity index (χ1v) is 5.87. The van der Waals surface area contributed by atoms with Gasteiger partial charge in [0.2, 0.25) is 5.91 Å². The first-order chi connectivity index (χ1) is 9.04. The normalized spacial score (nSPS) is 10.4. The summed E-state index contributed by atoms with van der Waals surface area (Å²) >= 11 is 0. The molecule has 19 heavy (non-hydrogen) atoms. The minimum Gasteiger partial charge on any atom is -0.507 e. The summed E-state index contributed by atoms with van der Waals surface area (Å²) in [4.78, 5) is 22.0. The zero-order valence-electron chi connectivity index (χ0n) is 11.0. The molecule has 1 rings (SSSR count). The van der Waals surface area contributed by atoms with Gasteiger partial charge in [0.25, 0.3) is 0 Å². The summed E-state index contributed by atoms with van der Waals surface area (Å²) < 4.78 is 4.61. The molecule has 1 aromatic rings. The van der Waals surface area contributed by atoms with Crippen LogP contribution >= 0.6 is 0 Å². The summed E-state index contributed by atoms with van der Waals surface area (Å²) in [5, 5.41) is 12.3. The highest BCUT2D eigenvalue weighted by atomic mass is 16.5. The number of hydrogen-bond acceptors (Lipinski definition) is 4. The van der Waals surface area contributed by atoms with Crippen LogP contribution in [0.3, 0.4) is 0 Å². The Morgan fingerprint density at radius 1 is 1.42 bits per heavy atom. The number of carbonyl (C=O) groups is 2. The third kappa shape index (κ3) is 4.83. The number of benzene rings is 1. The van der Waals surface area contributed by atoms with Gasteiger partial charge in [-0.05, 0) is 24.6 Å². The van der Waals surface area contributed by atoms with Crippen molar-refractivity contribution in [3.05, 3.63) is 35.4 Å². The first-order valence-electron chi connectivity index (χ1n) is 5.87. The maximum Gasteiger partial charge on any atom is 0.337 e. The number of ether oxygens (including phenoxy) is 1. The van der Waals surface area contributed by atoms with Crippen LogP contribution in [0.5, 0.6) is 5.75 Å². The van der Waals surface area contributed by atoms with Crippen molar-refractivity contribution in [3.8, 4) is 5.75 Å². The average Bonchev–Trinajstić information content (AvgIpc) is 2.39. The molecule has 2 N–H and O–H groups in total. The lowest BCUT2D eigenvalue weighted by molar-refractivity contribution is -0.118. The molecule has 0 spiro atoms. The second kappa shape index (κ2) is 7.20. The second-order valence-electron chi connectivity index (χ2n) is 3.94. The highest BCUT2D eigenvalue weighted by Gasteiger charge is 2.07. The number of hydrogen-bond donors (Lipinski definition) is 2. The Morgan fingerprint density at radius 2 is 2.16 bits per heavy atom. The minimum absolute atomic E-state index is 0.0797. The Labute approximate surface area is 111 Å². The van der Waals surface area contributed by atoms with Crippen LogP contribution in [0.15, 0.2) is 24.3 Å². The quantitative estimate of drug-likeness (QED) is 0.626. The lowest BCUT2D eigenvalue weighted by Gasteiger charge is -2.03. The van der Waals surface area contributed by atoms with Crippen molar-refractivity contribution < 1.29 is 19.4 Å². The van der Waals surface area contributed by atoms with Gasteiger partial charge in [0.15, 0.2) is 0 Å². The summed E-state index contributed by atoms with van der Waals surface area (Å²) in [6, 6.07) is 4.49. The van der Waals surface area contributed by atoms with Crippen molar-refractivity contribution in [1.29, 1.82) is 0 Å². The molecule has 0 atom stereocenters. The number of methoxy groups -OCH3 is 1. The topological polar surface area (TPSA) is 75.6 Å². The molecule has 0 bridgehead atoms. The Balaban J connectivity index is 2.69. The lowest BCUT2D eigenvalue weighted by atomic mass is 10.1. The molecule has 102 valence electrons. The van der Waals surface area contributed by atoms with Gasteiger partial charge in [0.1, 0.15) is 5.75 Å². The maximum atomic E-state index is 11.4. The van der Waals surface area contributed by atoms with Gasteiger partial charge in [-0.25, -0.2) is 4.79 Å². The number of aromatic hydroxyl groups is 1. The molecule has 0 radical (unpaired) electrons. The van der Waals surface area contributed by atoms with E-state index in [0.29, 0.717) is 24.1 Å². The van der Waals surface area contributed by atoms with Gasteiger partial charge < -0.3 is 15.2 Å². The number of amides is 1. The molecule has 0 aliphatic heterocycles. The van der Waals surface area contributed by atoms with Crippen LogP contribution in [0.1, 0.15) is 29.3 Å². The van der Waals surface area contributed by atoms with Gasteiger partial charge in [-0.1, -0.05) is 12.2 Å². The summed E-state index contributed by atoms with van der Waals surface area (Å²) in [7, 11) is 1.30. The number of esters is 1. The molecule has 0 saturated heterocycles. The molecule has 0 saturated carbocycles. The van der Waals surface area contributed by atoms with Crippen molar-refractivity contribution in [1.82, 2.24) is 5.32 Å². The molecule has 0 heterocycles. The SMILES string of the molecule is COC(=O)c1ccc(O)c(C=CCCNC(C)=O)c1. The van der Waals surface area contributed by atoms with E-state index in [-0.39, 0.29) is 11.7 Å². The van der Waals surface area contributed by atoms with E-state index in [1.807, 2.05) is 6.08 Å². The third-order valence-corrected chi connectivity index (χ3v) is 2.43. The predicted octanol–water partition coefficient (Wildman–Crippen LogP) is 1.72. The molecule has 0 fully saturated rings. The molecule has 0 aliphatic carbocycles. The number of rotatable bonds is 5. The average molecular weight is 263 g/mol. The lowest BCUT2D eigenvalue weighted by Crippen LogP contribution is -2.20. The number of phenols is 1. The van der Waals surface area contributed by atoms with Crippen molar-refractivity contribution in [2.45, 2.75) is 13.3 Å². The van der Waals surface area contributed by atoms with E-state index in [1.165, 1.54) is 26.2 Å². The van der Waals surface area contributed by atoms with Gasteiger partial charge in [0, 0.05) is 19.0 Å². The smallest absolute Gasteiger partial charge is 0.337 e. The fourth-order valence-electron chi connectivity index (χ4n) is 1.47. The highest BCUT2D eigenvalue weighted by Crippen LogP contribution is 2.20. The largest absolute Gasteiger partial charge is 0.507 e. The third-order valence-electron chi connectivity index (χ3n) is 2.43. The van der Waals surface area contributed by atoms with Crippen LogP contribution < -0.4 is 5.32 Å². The Hall–Kier alpha value is -2.30. The summed E-state index contributed by atoms with van der Waals surface area (Å²) in [6.07, 6.45) is 4.15. The fraction of sp³-hybridized carbons (Fsp3) is 0.286. The fourth-order valence-corrected chi connectivity index (χ4v) is 1.47. The second-order valence-corrected chi connectivity index (χ2v) is 3.94. The van der Waals surface area contributed by atoms with Gasteiger partial charge >= 0.3 is 5.97 Å². The summed E-state index contributed by atoms with van der Waals surface area (Å²) in [6.45, 7) is 1.98. The molecule has 0 aliphatic rings. The van der Waals surface area contributed by atoms with Crippen LogP contribution in [-0.2, 0) is 9.53 Å². The molecular formula is C14H17NO4. The van der Waals surface area contributed by atoms with Crippen LogP contribution in [0.25, 0.3) is 6.08 Å². The Bertz CT molecular complexity index is 494. The van der Waals surface area contributed by atoms with Gasteiger partial charge in [0.05, 0.1) is 12.7 Å². The molecule has 1 aromatic carbocycles. The molecule has 5 nitrogen and oxygen atoms in total. The van der Waals surface area contributed by atoms with E-state index in [1.54, 1.807) is 12.1 Å². The van der Waals surface area contributed by atoms with Gasteiger partial charge in [-0.15, -0.1) is 0 Å². The van der Waals surface area contributed by atoms with E-state index < -0.39 is 5.97 Å². The molecular weight excluding hydrogens is 246 g/mol. The van der Waals surface area contributed by atoms with Crippen molar-refractivity contribution in [2.75, 3.05) is 13.7 Å². The van der Waals surface area contributed by atoms with E-state index in [2.05, 4.69) is 10.1 Å². The zero-order chi connectivity index (χ0) is 14.3. The van der Waals surface area contributed by atoms with Crippen molar-refractivity contribution >= 4 is 18.0 Å². The van der Waals surface area contributed by atoms with E-state index >= 15 is 0 Å².